The summed E-state index contributed by atoms with van der Waals surface area (Å²) in [6, 6.07) is 22.2. The fourth-order valence-electron chi connectivity index (χ4n) is 4.12. The molecule has 34 heavy (non-hydrogen) atoms. The first-order chi connectivity index (χ1) is 16.4. The molecule has 1 heterocycles. The highest BCUT2D eigenvalue weighted by Gasteiger charge is 2.49. The Labute approximate surface area is 195 Å². The molecule has 0 saturated heterocycles. The van der Waals surface area contributed by atoms with Gasteiger partial charge in [-0.25, -0.2) is 18.2 Å². The van der Waals surface area contributed by atoms with Gasteiger partial charge in [0, 0.05) is 11.1 Å². The second kappa shape index (κ2) is 8.37. The van der Waals surface area contributed by atoms with Crippen LogP contribution in [-0.4, -0.2) is 5.90 Å². The monoisotopic (exact) mass is 458 g/mol. The van der Waals surface area contributed by atoms with Crippen LogP contribution in [-0.2, 0) is 10.5 Å². The Morgan fingerprint density at radius 2 is 1.44 bits per heavy atom. The van der Waals surface area contributed by atoms with Crippen LogP contribution in [0.2, 0.25) is 0 Å². The van der Waals surface area contributed by atoms with Crippen molar-refractivity contribution >= 4 is 17.3 Å². The summed E-state index contributed by atoms with van der Waals surface area (Å²) in [5.41, 5.74) is 1.60. The Morgan fingerprint density at radius 1 is 0.735 bits per heavy atom. The lowest BCUT2D eigenvalue weighted by molar-refractivity contribution is 0.140. The zero-order valence-corrected chi connectivity index (χ0v) is 18.6. The van der Waals surface area contributed by atoms with E-state index in [-0.39, 0.29) is 22.8 Å². The zero-order valence-electron chi connectivity index (χ0n) is 18.6. The topological polar surface area (TPSA) is 33.6 Å². The molecular weight excluding hydrogens is 437 g/mol. The normalized spacial score (nSPS) is 18.0. The largest absolute Gasteiger partial charge is 0.442 e. The first-order valence-electron chi connectivity index (χ1n) is 10.8. The average molecular weight is 458 g/mol. The van der Waals surface area contributed by atoms with Crippen LogP contribution >= 0.6 is 0 Å². The molecule has 1 aliphatic rings. The molecule has 1 unspecified atom stereocenters. The lowest BCUT2D eigenvalue weighted by Crippen LogP contribution is -2.38. The molecule has 0 amide bonds. The van der Waals surface area contributed by atoms with E-state index in [0.717, 1.165) is 11.1 Å². The van der Waals surface area contributed by atoms with Gasteiger partial charge in [-0.05, 0) is 67.4 Å². The predicted octanol–water partition coefficient (Wildman–Crippen LogP) is 7.14. The molecule has 0 fully saturated rings. The van der Waals surface area contributed by atoms with Gasteiger partial charge >= 0.3 is 0 Å². The van der Waals surface area contributed by atoms with Crippen LogP contribution in [0.5, 0.6) is 0 Å². The minimum absolute atomic E-state index is 0.0293. The Hall–Kier alpha value is -4.06. The molecule has 0 saturated carbocycles. The number of benzene rings is 4. The standard InChI is InChI=1S/C28H21F3N2O/c1-17-14-15-19(16-18(17)2)28(33-25-13-6-4-10-22(25)30)26-20(8-7-11-23(26)31)27(34-28)32-24-12-5-3-9-21(24)29/h3-16,33H,1-2H3. The van der Waals surface area contributed by atoms with Crippen molar-refractivity contribution in [3.8, 4) is 0 Å². The van der Waals surface area contributed by atoms with Gasteiger partial charge in [0.15, 0.2) is 0 Å². The maximum Gasteiger partial charge on any atom is 0.239 e. The van der Waals surface area contributed by atoms with E-state index in [1.54, 1.807) is 42.5 Å². The van der Waals surface area contributed by atoms with Crippen molar-refractivity contribution in [1.82, 2.24) is 0 Å². The molecule has 170 valence electrons. The summed E-state index contributed by atoms with van der Waals surface area (Å²) < 4.78 is 51.0. The molecule has 4 aromatic carbocycles. The van der Waals surface area contributed by atoms with E-state index in [0.29, 0.717) is 11.1 Å². The maximum atomic E-state index is 15.5. The Balaban J connectivity index is 1.78. The molecule has 5 rings (SSSR count). The lowest BCUT2D eigenvalue weighted by Gasteiger charge is -2.32. The highest BCUT2D eigenvalue weighted by atomic mass is 19.1. The van der Waals surface area contributed by atoms with Crippen molar-refractivity contribution in [2.24, 2.45) is 4.99 Å². The van der Waals surface area contributed by atoms with Crippen molar-refractivity contribution < 1.29 is 17.9 Å². The SMILES string of the molecule is Cc1ccc(C2(Nc3ccccc3F)OC(=Nc3ccccc3F)c3cccc(F)c32)cc1C. The van der Waals surface area contributed by atoms with Crippen LogP contribution in [0.25, 0.3) is 0 Å². The number of anilines is 1. The molecule has 4 aromatic rings. The highest BCUT2D eigenvalue weighted by Crippen LogP contribution is 2.45. The van der Waals surface area contributed by atoms with Crippen molar-refractivity contribution in [2.75, 3.05) is 5.32 Å². The van der Waals surface area contributed by atoms with E-state index in [4.69, 9.17) is 4.74 Å². The molecule has 0 radical (unpaired) electrons. The van der Waals surface area contributed by atoms with Crippen molar-refractivity contribution in [2.45, 2.75) is 19.6 Å². The first-order valence-corrected chi connectivity index (χ1v) is 10.8. The maximum absolute atomic E-state index is 15.5. The number of ether oxygens (including phenoxy) is 1. The van der Waals surface area contributed by atoms with Gasteiger partial charge in [-0.15, -0.1) is 0 Å². The number of halogens is 3. The van der Waals surface area contributed by atoms with Gasteiger partial charge in [-0.1, -0.05) is 42.5 Å². The second-order valence-electron chi connectivity index (χ2n) is 8.22. The third-order valence-corrected chi connectivity index (χ3v) is 6.02. The van der Waals surface area contributed by atoms with Crippen LogP contribution in [0.15, 0.2) is 89.9 Å². The van der Waals surface area contributed by atoms with Crippen LogP contribution in [0.4, 0.5) is 24.5 Å². The van der Waals surface area contributed by atoms with Gasteiger partial charge in [0.25, 0.3) is 0 Å². The molecule has 0 bridgehead atoms. The Morgan fingerprint density at radius 3 is 2.18 bits per heavy atom. The number of para-hydroxylation sites is 2. The minimum atomic E-state index is -1.63. The Bertz CT molecular complexity index is 1430. The molecule has 0 aliphatic carbocycles. The molecule has 1 N–H and O–H groups in total. The molecule has 6 heteroatoms. The van der Waals surface area contributed by atoms with Crippen LogP contribution in [0.3, 0.4) is 0 Å². The summed E-state index contributed by atoms with van der Waals surface area (Å²) in [6.45, 7) is 3.90. The van der Waals surface area contributed by atoms with E-state index in [9.17, 15) is 8.78 Å². The third-order valence-electron chi connectivity index (χ3n) is 6.02. The summed E-state index contributed by atoms with van der Waals surface area (Å²) in [5.74, 6) is -1.59. The van der Waals surface area contributed by atoms with Gasteiger partial charge in [-0.3, -0.25) is 0 Å². The summed E-state index contributed by atoms with van der Waals surface area (Å²) in [7, 11) is 0. The number of fused-ring (bicyclic) bond motifs is 1. The van der Waals surface area contributed by atoms with E-state index < -0.39 is 23.2 Å². The second-order valence-corrected chi connectivity index (χ2v) is 8.22. The van der Waals surface area contributed by atoms with E-state index >= 15 is 4.39 Å². The zero-order chi connectivity index (χ0) is 23.9. The van der Waals surface area contributed by atoms with E-state index in [1.807, 2.05) is 26.0 Å². The smallest absolute Gasteiger partial charge is 0.239 e. The van der Waals surface area contributed by atoms with Crippen molar-refractivity contribution in [3.63, 3.8) is 0 Å². The molecule has 0 aromatic heterocycles. The molecule has 1 aliphatic heterocycles. The summed E-state index contributed by atoms with van der Waals surface area (Å²) in [5, 5.41) is 3.10. The number of nitrogens with one attached hydrogen (secondary N) is 1. The van der Waals surface area contributed by atoms with E-state index in [2.05, 4.69) is 10.3 Å². The van der Waals surface area contributed by atoms with Crippen LogP contribution in [0, 0.1) is 31.3 Å². The number of hydrogen-bond donors (Lipinski definition) is 1. The van der Waals surface area contributed by atoms with Gasteiger partial charge in [0.2, 0.25) is 11.6 Å². The third kappa shape index (κ3) is 3.61. The predicted molar refractivity (Wildman–Crippen MR) is 127 cm³/mol. The fourth-order valence-corrected chi connectivity index (χ4v) is 4.12. The number of aliphatic imine (C=N–C) groups is 1. The fraction of sp³-hybridized carbons (Fsp3) is 0.107. The van der Waals surface area contributed by atoms with Crippen molar-refractivity contribution in [1.29, 1.82) is 0 Å². The van der Waals surface area contributed by atoms with Gasteiger partial charge in [-0.2, -0.15) is 0 Å². The van der Waals surface area contributed by atoms with Crippen LogP contribution < -0.4 is 5.32 Å². The Kier molecular flexibility index (Phi) is 5.36. The number of rotatable bonds is 4. The summed E-state index contributed by atoms with van der Waals surface area (Å²) in [6.07, 6.45) is 0. The van der Waals surface area contributed by atoms with Crippen LogP contribution in [0.1, 0.15) is 27.8 Å². The average Bonchev–Trinajstić information content (AvgIpc) is 3.14. The summed E-state index contributed by atoms with van der Waals surface area (Å²) >= 11 is 0. The highest BCUT2D eigenvalue weighted by molar-refractivity contribution is 6.01. The van der Waals surface area contributed by atoms with Gasteiger partial charge < -0.3 is 10.1 Å². The molecule has 3 nitrogen and oxygen atoms in total. The van der Waals surface area contributed by atoms with Crippen molar-refractivity contribution in [3.05, 3.63) is 130 Å². The number of nitrogens with zero attached hydrogens (tertiary/aromatic N) is 1. The van der Waals surface area contributed by atoms with Gasteiger partial charge in [0.1, 0.15) is 23.1 Å². The van der Waals surface area contributed by atoms with E-state index in [1.165, 1.54) is 30.3 Å². The quantitative estimate of drug-likeness (QED) is 0.353. The first kappa shape index (κ1) is 21.8. The summed E-state index contributed by atoms with van der Waals surface area (Å²) in [4.78, 5) is 4.38. The molecular formula is C28H21F3N2O. The number of hydrogen-bond acceptors (Lipinski definition) is 3. The number of aryl methyl sites for hydroxylation is 2. The minimum Gasteiger partial charge on any atom is -0.442 e. The molecule has 1 atom stereocenters. The lowest BCUT2D eigenvalue weighted by atomic mass is 9.90. The molecule has 0 spiro atoms. The van der Waals surface area contributed by atoms with Gasteiger partial charge in [0.05, 0.1) is 11.3 Å².